The molecule has 0 radical (unpaired) electrons. The molecule has 7 heteroatoms. The topological polar surface area (TPSA) is 92.7 Å². The molecule has 1 aromatic carbocycles. The molecule has 0 spiro atoms. The van der Waals surface area contributed by atoms with Gasteiger partial charge in [0.25, 0.3) is 0 Å². The first-order valence-corrected chi connectivity index (χ1v) is 7.02. The molecule has 0 fully saturated rings. The van der Waals surface area contributed by atoms with Crippen molar-refractivity contribution in [3.63, 3.8) is 0 Å². The molecule has 0 saturated carbocycles. The summed E-state index contributed by atoms with van der Waals surface area (Å²) in [5, 5.41) is 2.77. The van der Waals surface area contributed by atoms with Gasteiger partial charge in [-0.3, -0.25) is 0 Å². The van der Waals surface area contributed by atoms with Crippen LogP contribution in [-0.4, -0.2) is 25.5 Å². The Balaban J connectivity index is 1.91. The number of pyridine rings is 1. The van der Waals surface area contributed by atoms with Gasteiger partial charge in [0.05, 0.1) is 0 Å². The molecule has 6 nitrogen and oxygen atoms in total. The summed E-state index contributed by atoms with van der Waals surface area (Å²) in [7, 11) is 0. The first kappa shape index (κ1) is 11.8. The van der Waals surface area contributed by atoms with E-state index in [1.165, 1.54) is 6.20 Å². The quantitative estimate of drug-likeness (QED) is 0.710. The van der Waals surface area contributed by atoms with Crippen molar-refractivity contribution in [2.45, 2.75) is 0 Å². The first-order valence-electron chi connectivity index (χ1n) is 5.49. The summed E-state index contributed by atoms with van der Waals surface area (Å²) in [6.45, 7) is 0. The van der Waals surface area contributed by atoms with E-state index in [0.717, 1.165) is 11.4 Å². The van der Waals surface area contributed by atoms with Crippen molar-refractivity contribution in [2.75, 3.05) is 11.1 Å². The number of rotatable bonds is 2. The number of anilines is 2. The van der Waals surface area contributed by atoms with Gasteiger partial charge in [-0.1, -0.05) is 0 Å². The molecule has 3 N–H and O–H groups in total. The molecule has 1 amide bonds. The number of benzene rings is 1. The summed E-state index contributed by atoms with van der Waals surface area (Å²) >= 11 is -0.132. The van der Waals surface area contributed by atoms with Crippen LogP contribution in [0.3, 0.4) is 0 Å². The van der Waals surface area contributed by atoms with Crippen LogP contribution in [0.1, 0.15) is 10.5 Å². The number of nitrogens with zero attached hydrogens (tertiary/aromatic N) is 3. The van der Waals surface area contributed by atoms with Gasteiger partial charge in [0.15, 0.2) is 0 Å². The van der Waals surface area contributed by atoms with E-state index in [-0.39, 0.29) is 26.2 Å². The molecule has 1 aliphatic heterocycles. The molecule has 2 heterocycles. The van der Waals surface area contributed by atoms with Crippen molar-refractivity contribution < 1.29 is 4.79 Å². The molecule has 0 aliphatic carbocycles. The Morgan fingerprint density at radius 3 is 2.95 bits per heavy atom. The average Bonchev–Trinajstić information content (AvgIpc) is 2.88. The molecule has 19 heavy (non-hydrogen) atoms. The van der Waals surface area contributed by atoms with Gasteiger partial charge in [-0.25, -0.2) is 0 Å². The van der Waals surface area contributed by atoms with Gasteiger partial charge >= 0.3 is 114 Å². The third kappa shape index (κ3) is 2.21. The van der Waals surface area contributed by atoms with Crippen molar-refractivity contribution in [1.29, 1.82) is 0 Å². The fraction of sp³-hybridized carbons (Fsp3) is 0. The zero-order valence-electron chi connectivity index (χ0n) is 9.70. The summed E-state index contributed by atoms with van der Waals surface area (Å²) in [4.78, 5) is 16.1. The minimum absolute atomic E-state index is 0.132. The SMILES string of the molecule is Nc1cccnc1C(=O)Nc1cccc2c1N=[Se]=N2. The zero-order chi connectivity index (χ0) is 13.2. The van der Waals surface area contributed by atoms with E-state index < -0.39 is 0 Å². The van der Waals surface area contributed by atoms with Gasteiger partial charge in [-0.05, 0) is 0 Å². The molecule has 0 unspecified atom stereocenters. The molecule has 0 saturated heterocycles. The van der Waals surface area contributed by atoms with Crippen LogP contribution in [-0.2, 0) is 0 Å². The van der Waals surface area contributed by atoms with E-state index in [0.29, 0.717) is 11.4 Å². The number of nitrogen functional groups attached to an aromatic ring is 1. The van der Waals surface area contributed by atoms with Crippen molar-refractivity contribution in [2.24, 2.45) is 7.92 Å². The summed E-state index contributed by atoms with van der Waals surface area (Å²) in [5.41, 5.74) is 8.45. The Morgan fingerprint density at radius 1 is 1.21 bits per heavy atom. The summed E-state index contributed by atoms with van der Waals surface area (Å²) < 4.78 is 8.56. The second-order valence-electron chi connectivity index (χ2n) is 3.83. The molecule has 3 rings (SSSR count). The number of hydrogen-bond acceptors (Lipinski definition) is 5. The van der Waals surface area contributed by atoms with Crippen LogP contribution in [0.15, 0.2) is 44.5 Å². The van der Waals surface area contributed by atoms with Crippen LogP contribution in [0.4, 0.5) is 22.7 Å². The Kier molecular flexibility index (Phi) is 2.98. The third-order valence-corrected chi connectivity index (χ3v) is 3.73. The normalized spacial score (nSPS) is 11.8. The van der Waals surface area contributed by atoms with Crippen LogP contribution in [0.2, 0.25) is 0 Å². The number of hydrogen-bond donors (Lipinski definition) is 2. The van der Waals surface area contributed by atoms with Crippen molar-refractivity contribution in [3.05, 3.63) is 42.2 Å². The Hall–Kier alpha value is -2.24. The second-order valence-corrected chi connectivity index (χ2v) is 4.94. The van der Waals surface area contributed by atoms with E-state index in [9.17, 15) is 4.79 Å². The molecule has 94 valence electrons. The number of nitrogens with two attached hydrogens (primary N) is 1. The number of carbonyl (C=O) groups excluding carboxylic acids is 1. The Morgan fingerprint density at radius 2 is 2.11 bits per heavy atom. The molecular weight excluding hydrogens is 309 g/mol. The predicted octanol–water partition coefficient (Wildman–Crippen LogP) is 2.26. The number of carbonyl (C=O) groups is 1. The molecule has 1 aliphatic rings. The van der Waals surface area contributed by atoms with Gasteiger partial charge in [0, 0.05) is 0 Å². The maximum absolute atomic E-state index is 12.1. The van der Waals surface area contributed by atoms with Gasteiger partial charge in [-0.15, -0.1) is 0 Å². The average molecular weight is 318 g/mol. The maximum atomic E-state index is 12.1. The van der Waals surface area contributed by atoms with E-state index >= 15 is 0 Å². The zero-order valence-corrected chi connectivity index (χ0v) is 11.4. The Bertz CT molecular complexity index is 737. The van der Waals surface area contributed by atoms with Crippen molar-refractivity contribution in [3.8, 4) is 0 Å². The van der Waals surface area contributed by atoms with Crippen LogP contribution in [0.5, 0.6) is 0 Å². The van der Waals surface area contributed by atoms with Crippen LogP contribution in [0.25, 0.3) is 0 Å². The van der Waals surface area contributed by atoms with E-state index in [1.807, 2.05) is 12.1 Å². The van der Waals surface area contributed by atoms with Crippen LogP contribution < -0.4 is 11.1 Å². The van der Waals surface area contributed by atoms with Gasteiger partial charge < -0.3 is 0 Å². The standard InChI is InChI=1S/C12H9N5OSe/c13-7-3-2-6-14-10(7)12(18)15-8-4-1-5-9-11(8)17-19-16-9/h1-6H,13H2,(H,15,18). The van der Waals surface area contributed by atoms with Crippen molar-refractivity contribution >= 4 is 43.2 Å². The molecule has 0 atom stereocenters. The molecule has 0 bridgehead atoms. The molecule has 2 aromatic rings. The number of amides is 1. The minimum atomic E-state index is -0.346. The second kappa shape index (κ2) is 4.79. The Labute approximate surface area is 114 Å². The first-order chi connectivity index (χ1) is 9.25. The van der Waals surface area contributed by atoms with E-state index in [1.54, 1.807) is 18.2 Å². The summed E-state index contributed by atoms with van der Waals surface area (Å²) in [6.07, 6.45) is 1.53. The van der Waals surface area contributed by atoms with Crippen molar-refractivity contribution in [1.82, 2.24) is 4.98 Å². The third-order valence-electron chi connectivity index (χ3n) is 2.59. The number of nitrogens with one attached hydrogen (secondary N) is 1. The van der Waals surface area contributed by atoms with Gasteiger partial charge in [0.2, 0.25) is 0 Å². The summed E-state index contributed by atoms with van der Waals surface area (Å²) in [6, 6.07) is 8.81. The fourth-order valence-corrected chi connectivity index (χ4v) is 2.85. The van der Waals surface area contributed by atoms with E-state index in [4.69, 9.17) is 5.73 Å². The number of aromatic nitrogens is 1. The number of fused-ring (bicyclic) bond motifs is 1. The van der Waals surface area contributed by atoms with Crippen LogP contribution >= 0.6 is 0 Å². The fourth-order valence-electron chi connectivity index (χ4n) is 1.70. The van der Waals surface area contributed by atoms with Gasteiger partial charge in [-0.2, -0.15) is 0 Å². The van der Waals surface area contributed by atoms with E-state index in [2.05, 4.69) is 18.2 Å². The molecular formula is C12H9N5OSe. The predicted molar refractivity (Wildman–Crippen MR) is 73.0 cm³/mol. The van der Waals surface area contributed by atoms with Gasteiger partial charge in [0.1, 0.15) is 0 Å². The molecule has 1 aromatic heterocycles. The monoisotopic (exact) mass is 319 g/mol. The summed E-state index contributed by atoms with van der Waals surface area (Å²) in [5.74, 6) is -0.346. The van der Waals surface area contributed by atoms with Crippen LogP contribution in [0, 0.1) is 0 Å².